The lowest BCUT2D eigenvalue weighted by atomic mass is 9.65. The molecule has 1 saturated carbocycles. The summed E-state index contributed by atoms with van der Waals surface area (Å²) in [6.07, 6.45) is 5.02. The van der Waals surface area contributed by atoms with Gasteiger partial charge in [-0.1, -0.05) is 6.42 Å². The minimum Gasteiger partial charge on any atom is -0.330 e. The predicted octanol–water partition coefficient (Wildman–Crippen LogP) is 1.91. The van der Waals surface area contributed by atoms with E-state index in [1.807, 2.05) is 5.51 Å². The molecular formula is C9H14N2S. The number of hydrogen-bond donors (Lipinski definition) is 1. The van der Waals surface area contributed by atoms with Crippen LogP contribution in [0, 0.1) is 0 Å². The van der Waals surface area contributed by atoms with Crippen molar-refractivity contribution in [3.8, 4) is 0 Å². The number of nitrogens with two attached hydrogens (primary N) is 1. The molecule has 0 bridgehead atoms. The second kappa shape index (κ2) is 3.15. The standard InChI is InChI=1S/C9H14N2S/c10-5-4-9(2-1-3-9)8-6-12-7-11-8/h6-7H,1-5,10H2. The fourth-order valence-electron chi connectivity index (χ4n) is 1.99. The van der Waals surface area contributed by atoms with Gasteiger partial charge in [-0.3, -0.25) is 0 Å². The number of thiazole rings is 1. The molecule has 1 fully saturated rings. The van der Waals surface area contributed by atoms with Gasteiger partial charge in [0, 0.05) is 10.8 Å². The third kappa shape index (κ3) is 1.17. The van der Waals surface area contributed by atoms with E-state index in [0.717, 1.165) is 13.0 Å². The van der Waals surface area contributed by atoms with Gasteiger partial charge in [-0.25, -0.2) is 4.98 Å². The zero-order chi connectivity index (χ0) is 8.44. The molecule has 2 N–H and O–H groups in total. The molecule has 0 spiro atoms. The highest BCUT2D eigenvalue weighted by molar-refractivity contribution is 7.07. The topological polar surface area (TPSA) is 38.9 Å². The first-order valence-electron chi connectivity index (χ1n) is 4.46. The molecule has 0 unspecified atom stereocenters. The molecule has 0 aliphatic heterocycles. The zero-order valence-electron chi connectivity index (χ0n) is 7.12. The van der Waals surface area contributed by atoms with Crippen molar-refractivity contribution in [3.63, 3.8) is 0 Å². The first-order chi connectivity index (χ1) is 5.87. The fourth-order valence-corrected chi connectivity index (χ4v) is 2.66. The van der Waals surface area contributed by atoms with Gasteiger partial charge in [-0.2, -0.15) is 0 Å². The molecular weight excluding hydrogens is 168 g/mol. The lowest BCUT2D eigenvalue weighted by Gasteiger charge is -2.40. The number of hydrogen-bond acceptors (Lipinski definition) is 3. The molecule has 0 atom stereocenters. The van der Waals surface area contributed by atoms with Crippen molar-refractivity contribution in [3.05, 3.63) is 16.6 Å². The average Bonchev–Trinajstić information content (AvgIpc) is 2.48. The molecule has 66 valence electrons. The van der Waals surface area contributed by atoms with Crippen LogP contribution >= 0.6 is 11.3 Å². The van der Waals surface area contributed by atoms with Crippen LogP contribution in [0.1, 0.15) is 31.4 Å². The van der Waals surface area contributed by atoms with Crippen LogP contribution < -0.4 is 5.73 Å². The number of aromatic nitrogens is 1. The Hall–Kier alpha value is -0.410. The number of rotatable bonds is 3. The number of nitrogens with zero attached hydrogens (tertiary/aromatic N) is 1. The average molecular weight is 182 g/mol. The van der Waals surface area contributed by atoms with Crippen LogP contribution in [0.25, 0.3) is 0 Å². The van der Waals surface area contributed by atoms with Crippen LogP contribution in [0.5, 0.6) is 0 Å². The van der Waals surface area contributed by atoms with Crippen LogP contribution in [0.15, 0.2) is 10.9 Å². The van der Waals surface area contributed by atoms with Gasteiger partial charge in [0.2, 0.25) is 0 Å². The van der Waals surface area contributed by atoms with Crippen molar-refractivity contribution in [1.29, 1.82) is 0 Å². The highest BCUT2D eigenvalue weighted by atomic mass is 32.1. The summed E-state index contributed by atoms with van der Waals surface area (Å²) < 4.78 is 0. The summed E-state index contributed by atoms with van der Waals surface area (Å²) in [7, 11) is 0. The Morgan fingerprint density at radius 2 is 2.42 bits per heavy atom. The monoisotopic (exact) mass is 182 g/mol. The summed E-state index contributed by atoms with van der Waals surface area (Å²) in [5, 5.41) is 2.18. The smallest absolute Gasteiger partial charge is 0.0794 e. The summed E-state index contributed by atoms with van der Waals surface area (Å²) in [5.74, 6) is 0. The molecule has 0 amide bonds. The molecule has 0 saturated heterocycles. The molecule has 2 nitrogen and oxygen atoms in total. The van der Waals surface area contributed by atoms with E-state index in [1.54, 1.807) is 11.3 Å². The van der Waals surface area contributed by atoms with Crippen LogP contribution in [0.4, 0.5) is 0 Å². The Balaban J connectivity index is 2.17. The molecule has 0 radical (unpaired) electrons. The zero-order valence-corrected chi connectivity index (χ0v) is 7.94. The highest BCUT2D eigenvalue weighted by Crippen LogP contribution is 2.45. The second-order valence-corrected chi connectivity index (χ2v) is 4.26. The van der Waals surface area contributed by atoms with E-state index in [9.17, 15) is 0 Å². The van der Waals surface area contributed by atoms with E-state index in [1.165, 1.54) is 25.0 Å². The van der Waals surface area contributed by atoms with Crippen LogP contribution in [-0.2, 0) is 5.41 Å². The van der Waals surface area contributed by atoms with Crippen LogP contribution in [0.3, 0.4) is 0 Å². The Morgan fingerprint density at radius 3 is 2.83 bits per heavy atom. The summed E-state index contributed by atoms with van der Waals surface area (Å²) in [5.41, 5.74) is 9.18. The van der Waals surface area contributed by atoms with Crippen molar-refractivity contribution in [2.24, 2.45) is 5.73 Å². The molecule has 1 aromatic heterocycles. The van der Waals surface area contributed by atoms with Crippen molar-refractivity contribution < 1.29 is 0 Å². The van der Waals surface area contributed by atoms with Gasteiger partial charge >= 0.3 is 0 Å². The normalized spacial score (nSPS) is 20.4. The van der Waals surface area contributed by atoms with E-state index in [4.69, 9.17) is 5.73 Å². The third-order valence-corrected chi connectivity index (χ3v) is 3.50. The molecule has 2 rings (SSSR count). The van der Waals surface area contributed by atoms with E-state index in [0.29, 0.717) is 5.41 Å². The fraction of sp³-hybridized carbons (Fsp3) is 0.667. The van der Waals surface area contributed by atoms with Gasteiger partial charge in [-0.05, 0) is 25.8 Å². The van der Waals surface area contributed by atoms with Crippen molar-refractivity contribution in [2.75, 3.05) is 6.54 Å². The highest BCUT2D eigenvalue weighted by Gasteiger charge is 2.39. The van der Waals surface area contributed by atoms with Crippen molar-refractivity contribution in [1.82, 2.24) is 4.98 Å². The van der Waals surface area contributed by atoms with E-state index >= 15 is 0 Å². The molecule has 0 aromatic carbocycles. The maximum absolute atomic E-state index is 5.61. The second-order valence-electron chi connectivity index (χ2n) is 3.55. The molecule has 1 aliphatic carbocycles. The molecule has 1 aromatic rings. The molecule has 1 heterocycles. The minimum absolute atomic E-state index is 0.370. The third-order valence-electron chi connectivity index (χ3n) is 2.91. The van der Waals surface area contributed by atoms with E-state index in [-0.39, 0.29) is 0 Å². The Labute approximate surface area is 76.8 Å². The van der Waals surface area contributed by atoms with Crippen molar-refractivity contribution >= 4 is 11.3 Å². The maximum atomic E-state index is 5.61. The van der Waals surface area contributed by atoms with Gasteiger partial charge in [0.05, 0.1) is 11.2 Å². The molecule has 1 aliphatic rings. The summed E-state index contributed by atoms with van der Waals surface area (Å²) in [4.78, 5) is 4.39. The first kappa shape index (κ1) is 8.20. The first-order valence-corrected chi connectivity index (χ1v) is 5.40. The summed E-state index contributed by atoms with van der Waals surface area (Å²) >= 11 is 1.69. The van der Waals surface area contributed by atoms with E-state index < -0.39 is 0 Å². The van der Waals surface area contributed by atoms with Crippen LogP contribution in [0.2, 0.25) is 0 Å². The Bertz CT molecular complexity index is 239. The minimum atomic E-state index is 0.370. The van der Waals surface area contributed by atoms with Gasteiger partial charge in [0.15, 0.2) is 0 Å². The lowest BCUT2D eigenvalue weighted by molar-refractivity contribution is 0.223. The van der Waals surface area contributed by atoms with Crippen molar-refractivity contribution in [2.45, 2.75) is 31.1 Å². The quantitative estimate of drug-likeness (QED) is 0.775. The van der Waals surface area contributed by atoms with Crippen LogP contribution in [-0.4, -0.2) is 11.5 Å². The van der Waals surface area contributed by atoms with Gasteiger partial charge in [-0.15, -0.1) is 11.3 Å². The SMILES string of the molecule is NCCC1(c2cscn2)CCC1. The summed E-state index contributed by atoms with van der Waals surface area (Å²) in [6.45, 7) is 0.789. The Morgan fingerprint density at radius 1 is 1.58 bits per heavy atom. The lowest BCUT2D eigenvalue weighted by Crippen LogP contribution is -2.36. The maximum Gasteiger partial charge on any atom is 0.0794 e. The molecule has 3 heteroatoms. The predicted molar refractivity (Wildman–Crippen MR) is 51.3 cm³/mol. The van der Waals surface area contributed by atoms with Gasteiger partial charge in [0.25, 0.3) is 0 Å². The van der Waals surface area contributed by atoms with E-state index in [2.05, 4.69) is 10.4 Å². The largest absolute Gasteiger partial charge is 0.330 e. The van der Waals surface area contributed by atoms with Gasteiger partial charge in [0.1, 0.15) is 0 Å². The van der Waals surface area contributed by atoms with Gasteiger partial charge < -0.3 is 5.73 Å². The Kier molecular flexibility index (Phi) is 2.15. The molecule has 12 heavy (non-hydrogen) atoms. The summed E-state index contributed by atoms with van der Waals surface area (Å²) in [6, 6.07) is 0.